The third kappa shape index (κ3) is 3.05. The number of amides is 2. The van der Waals surface area contributed by atoms with Gasteiger partial charge in [0.05, 0.1) is 17.6 Å². The van der Waals surface area contributed by atoms with Crippen LogP contribution in [0, 0.1) is 6.92 Å². The smallest absolute Gasteiger partial charge is 0.339 e. The van der Waals surface area contributed by atoms with E-state index in [4.69, 9.17) is 5.11 Å². The number of likely N-dealkylation sites (tertiary alicyclic amines) is 1. The first-order valence-electron chi connectivity index (χ1n) is 8.35. The summed E-state index contributed by atoms with van der Waals surface area (Å²) in [5, 5.41) is 15.8. The molecule has 1 aliphatic rings. The molecule has 0 aliphatic carbocycles. The van der Waals surface area contributed by atoms with Crippen LogP contribution in [-0.2, 0) is 4.79 Å². The van der Waals surface area contributed by atoms with Crippen molar-refractivity contribution < 1.29 is 19.5 Å². The lowest BCUT2D eigenvalue weighted by Crippen LogP contribution is -2.44. The summed E-state index contributed by atoms with van der Waals surface area (Å²) in [4.78, 5) is 37.4. The first-order chi connectivity index (χ1) is 12.4. The number of aromatic nitrogens is 2. The van der Waals surface area contributed by atoms with Crippen molar-refractivity contribution in [3.63, 3.8) is 0 Å². The number of hydrogen-bond donors (Lipinski definition) is 2. The Kier molecular flexibility index (Phi) is 4.75. The van der Waals surface area contributed by atoms with Crippen molar-refractivity contribution in [1.82, 2.24) is 20.0 Å². The number of nitrogens with zero attached hydrogens (tertiary/aromatic N) is 3. The number of likely N-dealkylation sites (N-methyl/N-ethyl adjacent to an activating group) is 1. The van der Waals surface area contributed by atoms with E-state index in [2.05, 4.69) is 10.4 Å². The molecule has 1 aliphatic heterocycles. The lowest BCUT2D eigenvalue weighted by atomic mass is 10.1. The molecule has 2 heterocycles. The van der Waals surface area contributed by atoms with Gasteiger partial charge < -0.3 is 15.3 Å². The maximum absolute atomic E-state index is 12.7. The first-order valence-corrected chi connectivity index (χ1v) is 8.35. The van der Waals surface area contributed by atoms with Crippen molar-refractivity contribution in [3.05, 3.63) is 47.3 Å². The van der Waals surface area contributed by atoms with Gasteiger partial charge in [-0.3, -0.25) is 9.59 Å². The number of rotatable bonds is 4. The number of carboxylic acid groups (broad SMARTS) is 1. The zero-order valence-electron chi connectivity index (χ0n) is 14.6. The van der Waals surface area contributed by atoms with Gasteiger partial charge in [-0.15, -0.1) is 0 Å². The monoisotopic (exact) mass is 356 g/mol. The van der Waals surface area contributed by atoms with Gasteiger partial charge in [-0.05, 0) is 44.0 Å². The Bertz CT molecular complexity index is 857. The van der Waals surface area contributed by atoms with Crippen molar-refractivity contribution in [2.24, 2.45) is 0 Å². The highest BCUT2D eigenvalue weighted by atomic mass is 16.4. The van der Waals surface area contributed by atoms with Crippen LogP contribution in [0.15, 0.2) is 30.5 Å². The van der Waals surface area contributed by atoms with Gasteiger partial charge in [0.25, 0.3) is 5.91 Å². The summed E-state index contributed by atoms with van der Waals surface area (Å²) in [6, 6.07) is 6.32. The van der Waals surface area contributed by atoms with Crippen LogP contribution in [0.2, 0.25) is 0 Å². The summed E-state index contributed by atoms with van der Waals surface area (Å²) >= 11 is 0. The zero-order valence-corrected chi connectivity index (χ0v) is 14.6. The van der Waals surface area contributed by atoms with E-state index in [1.54, 1.807) is 43.1 Å². The lowest BCUT2D eigenvalue weighted by Gasteiger charge is -2.23. The summed E-state index contributed by atoms with van der Waals surface area (Å²) in [6.07, 6.45) is 2.76. The Morgan fingerprint density at radius 1 is 1.23 bits per heavy atom. The average molecular weight is 356 g/mol. The molecule has 8 heteroatoms. The number of nitrogens with one attached hydrogen (secondary N) is 1. The molecule has 1 fully saturated rings. The van der Waals surface area contributed by atoms with E-state index in [1.165, 1.54) is 10.9 Å². The van der Waals surface area contributed by atoms with Gasteiger partial charge in [0, 0.05) is 19.2 Å². The quantitative estimate of drug-likeness (QED) is 0.857. The molecular formula is C18H20N4O4. The highest BCUT2D eigenvalue weighted by Crippen LogP contribution is 2.21. The molecule has 1 aromatic heterocycles. The molecule has 1 atom stereocenters. The minimum Gasteiger partial charge on any atom is -0.478 e. The van der Waals surface area contributed by atoms with Gasteiger partial charge in [-0.1, -0.05) is 0 Å². The Morgan fingerprint density at radius 3 is 2.50 bits per heavy atom. The third-order valence-electron chi connectivity index (χ3n) is 4.66. The highest BCUT2D eigenvalue weighted by Gasteiger charge is 2.33. The van der Waals surface area contributed by atoms with E-state index >= 15 is 0 Å². The molecule has 3 rings (SSSR count). The van der Waals surface area contributed by atoms with Crippen LogP contribution in [0.5, 0.6) is 0 Å². The molecule has 8 nitrogen and oxygen atoms in total. The number of carboxylic acids is 1. The standard InChI is InChI=1S/C18H20N4O4/c1-11-14(18(25)26)10-20-22(11)13-7-5-12(6-8-13)17(24)21-9-3-4-15(21)16(23)19-2/h5-8,10,15H,3-4,9H2,1-2H3,(H,19,23)(H,25,26). The molecule has 26 heavy (non-hydrogen) atoms. The third-order valence-corrected chi connectivity index (χ3v) is 4.66. The molecule has 1 unspecified atom stereocenters. The van der Waals surface area contributed by atoms with Crippen molar-refractivity contribution in [2.75, 3.05) is 13.6 Å². The van der Waals surface area contributed by atoms with E-state index in [9.17, 15) is 14.4 Å². The molecular weight excluding hydrogens is 336 g/mol. The molecule has 2 N–H and O–H groups in total. The maximum atomic E-state index is 12.7. The van der Waals surface area contributed by atoms with E-state index in [-0.39, 0.29) is 17.4 Å². The highest BCUT2D eigenvalue weighted by molar-refractivity contribution is 5.98. The molecule has 0 radical (unpaired) electrons. The summed E-state index contributed by atoms with van der Waals surface area (Å²) in [7, 11) is 1.57. The minimum atomic E-state index is -1.03. The minimum absolute atomic E-state index is 0.135. The van der Waals surface area contributed by atoms with Crippen LogP contribution in [0.3, 0.4) is 0 Å². The molecule has 136 valence electrons. The second-order valence-corrected chi connectivity index (χ2v) is 6.18. The maximum Gasteiger partial charge on any atom is 0.339 e. The van der Waals surface area contributed by atoms with Crippen LogP contribution < -0.4 is 5.32 Å². The van der Waals surface area contributed by atoms with Crippen LogP contribution >= 0.6 is 0 Å². The van der Waals surface area contributed by atoms with Gasteiger partial charge in [0.2, 0.25) is 5.91 Å². The molecule has 2 aromatic rings. The molecule has 1 saturated heterocycles. The Hall–Kier alpha value is -3.16. The van der Waals surface area contributed by atoms with Crippen LogP contribution in [0.25, 0.3) is 5.69 Å². The Labute approximate surface area is 150 Å². The number of carbonyl (C=O) groups excluding carboxylic acids is 2. The summed E-state index contributed by atoms with van der Waals surface area (Å²) in [5.41, 5.74) is 1.79. The normalized spacial score (nSPS) is 16.5. The second-order valence-electron chi connectivity index (χ2n) is 6.18. The SMILES string of the molecule is CNC(=O)C1CCCN1C(=O)c1ccc(-n2ncc(C(=O)O)c2C)cc1. The summed E-state index contributed by atoms with van der Waals surface area (Å²) in [6.45, 7) is 2.23. The van der Waals surface area contributed by atoms with Crippen LogP contribution in [0.1, 0.15) is 39.3 Å². The fraction of sp³-hybridized carbons (Fsp3) is 0.333. The number of benzene rings is 1. The number of carbonyl (C=O) groups is 3. The summed E-state index contributed by atoms with van der Waals surface area (Å²) < 4.78 is 1.51. The second kappa shape index (κ2) is 6.99. The molecule has 0 bridgehead atoms. The number of aromatic carboxylic acids is 1. The predicted molar refractivity (Wildman–Crippen MR) is 93.4 cm³/mol. The molecule has 0 spiro atoms. The predicted octanol–water partition coefficient (Wildman–Crippen LogP) is 1.23. The van der Waals surface area contributed by atoms with E-state index in [1.807, 2.05) is 0 Å². The Balaban J connectivity index is 1.82. The van der Waals surface area contributed by atoms with E-state index in [0.29, 0.717) is 29.9 Å². The summed E-state index contributed by atoms with van der Waals surface area (Å²) in [5.74, 6) is -1.37. The fourth-order valence-corrected chi connectivity index (χ4v) is 3.24. The molecule has 0 saturated carbocycles. The van der Waals surface area contributed by atoms with Crippen molar-refractivity contribution in [3.8, 4) is 5.69 Å². The lowest BCUT2D eigenvalue weighted by molar-refractivity contribution is -0.124. The van der Waals surface area contributed by atoms with Gasteiger partial charge in [-0.25, -0.2) is 9.48 Å². The topological polar surface area (TPSA) is 105 Å². The van der Waals surface area contributed by atoms with Crippen molar-refractivity contribution in [2.45, 2.75) is 25.8 Å². The molecule has 2 amide bonds. The van der Waals surface area contributed by atoms with Gasteiger partial charge >= 0.3 is 5.97 Å². The van der Waals surface area contributed by atoms with Gasteiger partial charge in [0.1, 0.15) is 11.6 Å². The van der Waals surface area contributed by atoms with Crippen LogP contribution in [-0.4, -0.2) is 57.2 Å². The zero-order chi connectivity index (χ0) is 18.8. The van der Waals surface area contributed by atoms with E-state index < -0.39 is 12.0 Å². The van der Waals surface area contributed by atoms with E-state index in [0.717, 1.165) is 6.42 Å². The fourth-order valence-electron chi connectivity index (χ4n) is 3.24. The first kappa shape index (κ1) is 17.7. The number of hydrogen-bond acceptors (Lipinski definition) is 4. The van der Waals surface area contributed by atoms with Crippen molar-refractivity contribution in [1.29, 1.82) is 0 Å². The average Bonchev–Trinajstić information content (AvgIpc) is 3.27. The van der Waals surface area contributed by atoms with Crippen molar-refractivity contribution >= 4 is 17.8 Å². The largest absolute Gasteiger partial charge is 0.478 e. The molecule has 1 aromatic carbocycles. The van der Waals surface area contributed by atoms with Gasteiger partial charge in [-0.2, -0.15) is 5.10 Å². The van der Waals surface area contributed by atoms with Gasteiger partial charge in [0.15, 0.2) is 0 Å². The Morgan fingerprint density at radius 2 is 1.92 bits per heavy atom. The van der Waals surface area contributed by atoms with Crippen LogP contribution in [0.4, 0.5) is 0 Å².